The van der Waals surface area contributed by atoms with Gasteiger partial charge >= 0.3 is 0 Å². The SMILES string of the molecule is CC[Si](CC)(OC)c1ccc(Cl)cc1. The standard InChI is InChI=1S/C11H17ClOSi/c1-4-14(5-2,13-3)11-8-6-10(12)7-9-11/h6-9H,4-5H2,1-3H3. The van der Waals surface area contributed by atoms with Crippen LogP contribution in [0.5, 0.6) is 0 Å². The van der Waals surface area contributed by atoms with E-state index in [9.17, 15) is 0 Å². The molecule has 0 N–H and O–H groups in total. The molecule has 0 atom stereocenters. The molecule has 0 aliphatic rings. The smallest absolute Gasteiger partial charge is 0.223 e. The van der Waals surface area contributed by atoms with Crippen molar-refractivity contribution in [1.82, 2.24) is 0 Å². The van der Waals surface area contributed by atoms with E-state index in [-0.39, 0.29) is 0 Å². The maximum Gasteiger partial charge on any atom is 0.223 e. The van der Waals surface area contributed by atoms with Gasteiger partial charge in [-0.1, -0.05) is 37.6 Å². The molecule has 1 nitrogen and oxygen atoms in total. The fraction of sp³-hybridized carbons (Fsp3) is 0.455. The van der Waals surface area contributed by atoms with Crippen molar-refractivity contribution in [2.24, 2.45) is 0 Å². The lowest BCUT2D eigenvalue weighted by atomic mass is 10.4. The molecule has 0 spiro atoms. The van der Waals surface area contributed by atoms with Crippen molar-refractivity contribution < 1.29 is 4.43 Å². The molecule has 1 aromatic rings. The van der Waals surface area contributed by atoms with Gasteiger partial charge in [-0.3, -0.25) is 0 Å². The first-order valence-electron chi connectivity index (χ1n) is 4.99. The zero-order valence-corrected chi connectivity index (χ0v) is 10.8. The molecule has 0 aliphatic carbocycles. The Balaban J connectivity index is 3.05. The van der Waals surface area contributed by atoms with Gasteiger partial charge in [-0.2, -0.15) is 0 Å². The summed E-state index contributed by atoms with van der Waals surface area (Å²) in [4.78, 5) is 0. The zero-order valence-electron chi connectivity index (χ0n) is 9.01. The van der Waals surface area contributed by atoms with Crippen molar-refractivity contribution in [2.75, 3.05) is 7.11 Å². The molecular weight excluding hydrogens is 212 g/mol. The number of halogens is 1. The van der Waals surface area contributed by atoms with E-state index in [2.05, 4.69) is 26.0 Å². The Hall–Kier alpha value is -0.313. The van der Waals surface area contributed by atoms with Gasteiger partial charge in [0.2, 0.25) is 8.32 Å². The summed E-state index contributed by atoms with van der Waals surface area (Å²) in [5.41, 5.74) is 0. The molecule has 1 aromatic carbocycles. The maximum atomic E-state index is 5.87. The van der Waals surface area contributed by atoms with E-state index in [0.29, 0.717) is 0 Å². The van der Waals surface area contributed by atoms with Crippen molar-refractivity contribution in [3.8, 4) is 0 Å². The van der Waals surface area contributed by atoms with E-state index in [1.165, 1.54) is 5.19 Å². The summed E-state index contributed by atoms with van der Waals surface area (Å²) >= 11 is 5.87. The zero-order chi connectivity index (χ0) is 10.6. The highest BCUT2D eigenvalue weighted by molar-refractivity contribution is 6.86. The van der Waals surface area contributed by atoms with Crippen LogP contribution in [0.1, 0.15) is 13.8 Å². The van der Waals surface area contributed by atoms with Crippen LogP contribution in [0.3, 0.4) is 0 Å². The predicted octanol–water partition coefficient (Wildman–Crippen LogP) is 3.18. The Morgan fingerprint density at radius 2 is 1.64 bits per heavy atom. The average Bonchev–Trinajstić information content (AvgIpc) is 2.24. The third kappa shape index (κ3) is 2.19. The third-order valence-corrected chi connectivity index (χ3v) is 7.61. The Bertz CT molecular complexity index is 272. The predicted molar refractivity (Wildman–Crippen MR) is 64.8 cm³/mol. The molecule has 0 aromatic heterocycles. The van der Waals surface area contributed by atoms with E-state index in [4.69, 9.17) is 16.0 Å². The highest BCUT2D eigenvalue weighted by Crippen LogP contribution is 2.17. The molecule has 0 bridgehead atoms. The van der Waals surface area contributed by atoms with Crippen LogP contribution in [-0.4, -0.2) is 15.4 Å². The van der Waals surface area contributed by atoms with Crippen molar-refractivity contribution >= 4 is 25.1 Å². The second-order valence-electron chi connectivity index (χ2n) is 3.41. The Labute approximate surface area is 92.2 Å². The monoisotopic (exact) mass is 228 g/mol. The first-order chi connectivity index (χ1) is 6.68. The fourth-order valence-corrected chi connectivity index (χ4v) is 4.85. The van der Waals surface area contributed by atoms with Crippen molar-refractivity contribution in [1.29, 1.82) is 0 Å². The Morgan fingerprint density at radius 3 is 2.00 bits per heavy atom. The summed E-state index contributed by atoms with van der Waals surface area (Å²) in [6.45, 7) is 4.40. The molecule has 0 saturated heterocycles. The van der Waals surface area contributed by atoms with E-state index < -0.39 is 8.32 Å². The molecule has 0 fully saturated rings. The van der Waals surface area contributed by atoms with Crippen LogP contribution in [0.4, 0.5) is 0 Å². The second-order valence-corrected chi connectivity index (χ2v) is 8.24. The minimum absolute atomic E-state index is 0.792. The van der Waals surface area contributed by atoms with Crippen LogP contribution in [0.2, 0.25) is 17.1 Å². The quantitative estimate of drug-likeness (QED) is 0.720. The molecular formula is C11H17ClOSi. The van der Waals surface area contributed by atoms with E-state index in [1.54, 1.807) is 0 Å². The van der Waals surface area contributed by atoms with Gasteiger partial charge in [-0.05, 0) is 29.4 Å². The van der Waals surface area contributed by atoms with Gasteiger partial charge in [-0.15, -0.1) is 0 Å². The normalized spacial score (nSPS) is 11.7. The number of hydrogen-bond donors (Lipinski definition) is 0. The van der Waals surface area contributed by atoms with Gasteiger partial charge in [0.05, 0.1) is 0 Å². The molecule has 0 radical (unpaired) electrons. The number of benzene rings is 1. The minimum atomic E-state index is -1.68. The van der Waals surface area contributed by atoms with E-state index in [0.717, 1.165) is 17.1 Å². The van der Waals surface area contributed by atoms with Crippen LogP contribution >= 0.6 is 11.6 Å². The van der Waals surface area contributed by atoms with Crippen LogP contribution in [0, 0.1) is 0 Å². The molecule has 14 heavy (non-hydrogen) atoms. The molecule has 0 aliphatic heterocycles. The highest BCUT2D eigenvalue weighted by Gasteiger charge is 2.31. The largest absolute Gasteiger partial charge is 0.416 e. The first-order valence-corrected chi connectivity index (χ1v) is 7.69. The lowest BCUT2D eigenvalue weighted by Crippen LogP contribution is -2.48. The van der Waals surface area contributed by atoms with Gasteiger partial charge in [0.25, 0.3) is 0 Å². The molecule has 0 amide bonds. The minimum Gasteiger partial charge on any atom is -0.416 e. The molecule has 0 unspecified atom stereocenters. The van der Waals surface area contributed by atoms with Crippen LogP contribution in [0.15, 0.2) is 24.3 Å². The van der Waals surface area contributed by atoms with Crippen LogP contribution in [0.25, 0.3) is 0 Å². The Kier molecular flexibility index (Phi) is 4.17. The summed E-state index contributed by atoms with van der Waals surface area (Å²) < 4.78 is 5.76. The van der Waals surface area contributed by atoms with Gasteiger partial charge < -0.3 is 4.43 Å². The summed E-state index contributed by atoms with van der Waals surface area (Å²) in [5, 5.41) is 2.13. The highest BCUT2D eigenvalue weighted by atomic mass is 35.5. The third-order valence-electron chi connectivity index (χ3n) is 2.90. The molecule has 0 heterocycles. The lowest BCUT2D eigenvalue weighted by Gasteiger charge is -2.27. The maximum absolute atomic E-state index is 5.87. The molecule has 0 saturated carbocycles. The summed E-state index contributed by atoms with van der Waals surface area (Å²) in [5.74, 6) is 0. The molecule has 1 rings (SSSR count). The topological polar surface area (TPSA) is 9.23 Å². The molecule has 3 heteroatoms. The molecule has 78 valence electrons. The van der Waals surface area contributed by atoms with Crippen LogP contribution in [-0.2, 0) is 4.43 Å². The first kappa shape index (κ1) is 11.8. The van der Waals surface area contributed by atoms with E-state index >= 15 is 0 Å². The number of hydrogen-bond acceptors (Lipinski definition) is 1. The second kappa shape index (κ2) is 4.96. The van der Waals surface area contributed by atoms with Gasteiger partial charge in [0.15, 0.2) is 0 Å². The van der Waals surface area contributed by atoms with Crippen molar-refractivity contribution in [2.45, 2.75) is 25.9 Å². The van der Waals surface area contributed by atoms with Gasteiger partial charge in [0.1, 0.15) is 0 Å². The van der Waals surface area contributed by atoms with Crippen molar-refractivity contribution in [3.05, 3.63) is 29.3 Å². The number of rotatable bonds is 4. The average molecular weight is 229 g/mol. The van der Waals surface area contributed by atoms with E-state index in [1.807, 2.05) is 19.2 Å². The summed E-state index contributed by atoms with van der Waals surface area (Å²) in [6.07, 6.45) is 0. The van der Waals surface area contributed by atoms with Gasteiger partial charge in [-0.25, -0.2) is 0 Å². The summed E-state index contributed by atoms with van der Waals surface area (Å²) in [7, 11) is 0.152. The van der Waals surface area contributed by atoms with Crippen LogP contribution < -0.4 is 5.19 Å². The van der Waals surface area contributed by atoms with Gasteiger partial charge in [0, 0.05) is 12.1 Å². The Morgan fingerprint density at radius 1 is 1.14 bits per heavy atom. The lowest BCUT2D eigenvalue weighted by molar-refractivity contribution is 0.405. The fourth-order valence-electron chi connectivity index (χ4n) is 1.82. The van der Waals surface area contributed by atoms with Crippen molar-refractivity contribution in [3.63, 3.8) is 0 Å². The summed E-state index contributed by atoms with van der Waals surface area (Å²) in [6, 6.07) is 10.3.